The lowest BCUT2D eigenvalue weighted by molar-refractivity contribution is -0.129. The molecule has 4 heterocycles. The molecule has 2 aromatic rings. The van der Waals surface area contributed by atoms with Crippen LogP contribution in [0.4, 0.5) is 0 Å². The highest BCUT2D eigenvalue weighted by Crippen LogP contribution is 2.34. The Morgan fingerprint density at radius 1 is 1.17 bits per heavy atom. The van der Waals surface area contributed by atoms with Gasteiger partial charge in [-0.1, -0.05) is 0 Å². The third kappa shape index (κ3) is 3.20. The van der Waals surface area contributed by atoms with E-state index in [4.69, 9.17) is 9.47 Å². The average Bonchev–Trinajstić information content (AvgIpc) is 3.41. The molecule has 0 unspecified atom stereocenters. The summed E-state index contributed by atoms with van der Waals surface area (Å²) in [5.41, 5.74) is 1.72. The fourth-order valence-electron chi connectivity index (χ4n) is 4.30. The van der Waals surface area contributed by atoms with Crippen LogP contribution in [0.3, 0.4) is 0 Å². The van der Waals surface area contributed by atoms with E-state index in [-0.39, 0.29) is 30.1 Å². The molecule has 0 spiro atoms. The van der Waals surface area contributed by atoms with E-state index in [1.54, 1.807) is 28.0 Å². The van der Waals surface area contributed by atoms with Crippen molar-refractivity contribution in [2.45, 2.75) is 32.2 Å². The fourth-order valence-corrected chi connectivity index (χ4v) is 4.30. The molecule has 1 atom stereocenters. The molecular formula is C21H22N4O5. The third-order valence-electron chi connectivity index (χ3n) is 6.02. The van der Waals surface area contributed by atoms with Crippen LogP contribution in [0.25, 0.3) is 0 Å². The van der Waals surface area contributed by atoms with E-state index < -0.39 is 0 Å². The largest absolute Gasteiger partial charge is 0.454 e. The Kier molecular flexibility index (Phi) is 4.45. The monoisotopic (exact) mass is 410 g/mol. The molecule has 1 aromatic carbocycles. The maximum absolute atomic E-state index is 12.9. The zero-order chi connectivity index (χ0) is 20.8. The lowest BCUT2D eigenvalue weighted by Crippen LogP contribution is -2.38. The second-order valence-electron chi connectivity index (χ2n) is 7.87. The number of ether oxygens (including phenoxy) is 2. The topological polar surface area (TPSA) is 105 Å². The quantitative estimate of drug-likeness (QED) is 0.793. The highest BCUT2D eigenvalue weighted by Gasteiger charge is 2.32. The Hall–Kier alpha value is -3.36. The Morgan fingerprint density at radius 2 is 2.00 bits per heavy atom. The van der Waals surface area contributed by atoms with Crippen LogP contribution in [0, 0.1) is 0 Å². The van der Waals surface area contributed by atoms with Gasteiger partial charge in [-0.25, -0.2) is 4.98 Å². The Morgan fingerprint density at radius 3 is 2.83 bits per heavy atom. The molecule has 0 radical (unpaired) electrons. The summed E-state index contributed by atoms with van der Waals surface area (Å²) in [5, 5.41) is 0. The van der Waals surface area contributed by atoms with E-state index in [2.05, 4.69) is 9.97 Å². The third-order valence-corrected chi connectivity index (χ3v) is 6.02. The first-order valence-corrected chi connectivity index (χ1v) is 10.1. The van der Waals surface area contributed by atoms with Crippen LogP contribution in [-0.2, 0) is 17.8 Å². The summed E-state index contributed by atoms with van der Waals surface area (Å²) in [7, 11) is 0. The van der Waals surface area contributed by atoms with E-state index in [9.17, 15) is 14.4 Å². The first kappa shape index (κ1) is 18.7. The van der Waals surface area contributed by atoms with Gasteiger partial charge in [0.1, 0.15) is 5.82 Å². The number of amides is 2. The number of H-pyrrole nitrogens is 1. The van der Waals surface area contributed by atoms with Gasteiger partial charge >= 0.3 is 0 Å². The maximum atomic E-state index is 12.9. The van der Waals surface area contributed by atoms with E-state index in [1.165, 1.54) is 6.92 Å². The van der Waals surface area contributed by atoms with Crippen molar-refractivity contribution in [2.75, 3.05) is 26.4 Å². The lowest BCUT2D eigenvalue weighted by Gasteiger charge is -2.27. The first-order chi connectivity index (χ1) is 14.5. The van der Waals surface area contributed by atoms with Crippen molar-refractivity contribution < 1.29 is 19.1 Å². The van der Waals surface area contributed by atoms with E-state index in [0.29, 0.717) is 73.2 Å². The fraction of sp³-hybridized carbons (Fsp3) is 0.429. The van der Waals surface area contributed by atoms with E-state index in [1.807, 2.05) is 0 Å². The number of carbonyl (C=O) groups is 2. The maximum Gasteiger partial charge on any atom is 0.254 e. The molecule has 1 N–H and O–H groups in total. The molecule has 9 heteroatoms. The number of aromatic nitrogens is 2. The number of fused-ring (bicyclic) bond motifs is 2. The van der Waals surface area contributed by atoms with Crippen molar-refractivity contribution in [1.82, 2.24) is 19.8 Å². The molecule has 1 fully saturated rings. The lowest BCUT2D eigenvalue weighted by atomic mass is 10.0. The molecule has 0 aliphatic carbocycles. The van der Waals surface area contributed by atoms with Gasteiger partial charge < -0.3 is 24.3 Å². The molecule has 0 saturated carbocycles. The number of likely N-dealkylation sites (tertiary alicyclic amines) is 1. The van der Waals surface area contributed by atoms with Crippen molar-refractivity contribution in [3.8, 4) is 11.5 Å². The average molecular weight is 410 g/mol. The number of nitrogens with one attached hydrogen (secondary N) is 1. The van der Waals surface area contributed by atoms with E-state index in [0.717, 1.165) is 0 Å². The molecule has 5 rings (SSSR count). The number of hydrogen-bond acceptors (Lipinski definition) is 6. The van der Waals surface area contributed by atoms with Gasteiger partial charge in [0.25, 0.3) is 11.5 Å². The van der Waals surface area contributed by atoms with Gasteiger partial charge in [0, 0.05) is 43.6 Å². The van der Waals surface area contributed by atoms with Crippen LogP contribution in [0.5, 0.6) is 11.5 Å². The van der Waals surface area contributed by atoms with Gasteiger partial charge in [0.05, 0.1) is 12.2 Å². The summed E-state index contributed by atoms with van der Waals surface area (Å²) < 4.78 is 10.7. The second kappa shape index (κ2) is 7.16. The summed E-state index contributed by atoms with van der Waals surface area (Å²) in [6.45, 7) is 3.64. The standard InChI is InChI=1S/C21H22N4O5/c1-12(26)24-7-5-15-16(10-24)22-19(23-20(15)27)14-4-6-25(9-14)21(28)13-2-3-17-18(8-13)30-11-29-17/h2-3,8,14H,4-7,9-11H2,1H3,(H,22,23,27)/t14-/m1/s1. The smallest absolute Gasteiger partial charge is 0.254 e. The van der Waals surface area contributed by atoms with E-state index >= 15 is 0 Å². The van der Waals surface area contributed by atoms with Crippen LogP contribution in [-0.4, -0.2) is 58.0 Å². The highest BCUT2D eigenvalue weighted by molar-refractivity contribution is 5.95. The summed E-state index contributed by atoms with van der Waals surface area (Å²) in [5.74, 6) is 1.65. The van der Waals surface area contributed by atoms with Crippen molar-refractivity contribution in [3.63, 3.8) is 0 Å². The van der Waals surface area contributed by atoms with Gasteiger partial charge in [-0.2, -0.15) is 0 Å². The molecular weight excluding hydrogens is 388 g/mol. The highest BCUT2D eigenvalue weighted by atomic mass is 16.7. The SMILES string of the molecule is CC(=O)N1CCc2c(nc([C@@H]3CCN(C(=O)c4ccc5c(c4)OCO5)C3)[nH]c2=O)C1. The first-order valence-electron chi connectivity index (χ1n) is 10.1. The Labute approximate surface area is 172 Å². The summed E-state index contributed by atoms with van der Waals surface area (Å²) in [4.78, 5) is 48.3. The summed E-state index contributed by atoms with van der Waals surface area (Å²) in [6, 6.07) is 5.18. The van der Waals surface area contributed by atoms with Crippen molar-refractivity contribution in [3.05, 3.63) is 51.2 Å². The number of nitrogens with zero attached hydrogens (tertiary/aromatic N) is 3. The van der Waals surface area contributed by atoms with Crippen molar-refractivity contribution in [1.29, 1.82) is 0 Å². The predicted molar refractivity (Wildman–Crippen MR) is 105 cm³/mol. The molecule has 1 aromatic heterocycles. The van der Waals surface area contributed by atoms with Crippen molar-refractivity contribution >= 4 is 11.8 Å². The second-order valence-corrected chi connectivity index (χ2v) is 7.87. The number of carbonyl (C=O) groups excluding carboxylic acids is 2. The zero-order valence-corrected chi connectivity index (χ0v) is 16.6. The van der Waals surface area contributed by atoms with Crippen LogP contribution < -0.4 is 15.0 Å². The van der Waals surface area contributed by atoms with Crippen LogP contribution in [0.1, 0.15) is 46.7 Å². The van der Waals surface area contributed by atoms with Crippen LogP contribution in [0.2, 0.25) is 0 Å². The van der Waals surface area contributed by atoms with Crippen molar-refractivity contribution in [2.24, 2.45) is 0 Å². The van der Waals surface area contributed by atoms with Crippen LogP contribution >= 0.6 is 0 Å². The summed E-state index contributed by atoms with van der Waals surface area (Å²) in [6.07, 6.45) is 1.23. The van der Waals surface area contributed by atoms with Gasteiger partial charge in [0.2, 0.25) is 12.7 Å². The van der Waals surface area contributed by atoms with Gasteiger partial charge in [0.15, 0.2) is 11.5 Å². The predicted octanol–water partition coefficient (Wildman–Crippen LogP) is 1.03. The number of aromatic amines is 1. The molecule has 3 aliphatic rings. The molecule has 9 nitrogen and oxygen atoms in total. The molecule has 0 bridgehead atoms. The van der Waals surface area contributed by atoms with Gasteiger partial charge in [-0.05, 0) is 31.0 Å². The summed E-state index contributed by atoms with van der Waals surface area (Å²) >= 11 is 0. The zero-order valence-electron chi connectivity index (χ0n) is 16.6. The minimum absolute atomic E-state index is 0.0226. The van der Waals surface area contributed by atoms with Gasteiger partial charge in [-0.15, -0.1) is 0 Å². The Bertz CT molecular complexity index is 1100. The minimum Gasteiger partial charge on any atom is -0.454 e. The number of hydrogen-bond donors (Lipinski definition) is 1. The molecule has 3 aliphatic heterocycles. The molecule has 30 heavy (non-hydrogen) atoms. The minimum atomic E-state index is -0.140. The molecule has 1 saturated heterocycles. The Balaban J connectivity index is 1.34. The number of rotatable bonds is 2. The molecule has 156 valence electrons. The number of benzene rings is 1. The molecule has 2 amide bonds. The normalized spacial score (nSPS) is 19.7. The van der Waals surface area contributed by atoms with Crippen LogP contribution in [0.15, 0.2) is 23.0 Å². The van der Waals surface area contributed by atoms with Gasteiger partial charge in [-0.3, -0.25) is 14.4 Å².